The molecule has 2 aliphatic rings. The third kappa shape index (κ3) is 3.30. The molecule has 2 N–H and O–H groups in total. The molecule has 0 atom stereocenters. The fraction of sp³-hybridized carbons (Fsp3) is 0.765. The molecule has 0 aliphatic heterocycles. The van der Waals surface area contributed by atoms with Crippen LogP contribution in [-0.2, 0) is 5.41 Å². The van der Waals surface area contributed by atoms with Gasteiger partial charge in [-0.15, -0.1) is 0 Å². The second-order valence-corrected chi connectivity index (χ2v) is 7.73. The predicted octanol–water partition coefficient (Wildman–Crippen LogP) is 3.81. The quantitative estimate of drug-likeness (QED) is 0.836. The van der Waals surface area contributed by atoms with Crippen LogP contribution in [0.25, 0.3) is 0 Å². The van der Waals surface area contributed by atoms with Crippen molar-refractivity contribution < 1.29 is 0 Å². The van der Waals surface area contributed by atoms with Crippen molar-refractivity contribution in [3.63, 3.8) is 0 Å². The van der Waals surface area contributed by atoms with Crippen LogP contribution >= 0.6 is 0 Å². The molecule has 2 aliphatic carbocycles. The van der Waals surface area contributed by atoms with Gasteiger partial charge in [-0.3, -0.25) is 0 Å². The van der Waals surface area contributed by atoms with Crippen LogP contribution in [-0.4, -0.2) is 23.1 Å². The lowest BCUT2D eigenvalue weighted by Crippen LogP contribution is -2.21. The highest BCUT2D eigenvalue weighted by atomic mass is 15.1. The fourth-order valence-electron chi connectivity index (χ4n) is 3.00. The Balaban J connectivity index is 1.75. The van der Waals surface area contributed by atoms with Crippen LogP contribution in [0.15, 0.2) is 6.07 Å². The van der Waals surface area contributed by atoms with Crippen LogP contribution in [0, 0.1) is 11.3 Å². The third-order valence-electron chi connectivity index (χ3n) is 4.71. The largest absolute Gasteiger partial charge is 0.370 e. The minimum Gasteiger partial charge on any atom is -0.370 e. The molecule has 21 heavy (non-hydrogen) atoms. The SMILES string of the molecule is CCNc1cc(NCC2(C3CC3)CC2)nc(C(C)(C)C)n1. The summed E-state index contributed by atoms with van der Waals surface area (Å²) < 4.78 is 0. The molecule has 1 aromatic rings. The van der Waals surface area contributed by atoms with Crippen molar-refractivity contribution in [2.75, 3.05) is 23.7 Å². The van der Waals surface area contributed by atoms with Crippen molar-refractivity contribution in [3.05, 3.63) is 11.9 Å². The van der Waals surface area contributed by atoms with Crippen LogP contribution in [0.1, 0.15) is 59.2 Å². The number of rotatable bonds is 6. The van der Waals surface area contributed by atoms with E-state index in [1.165, 1.54) is 25.7 Å². The zero-order chi connectivity index (χ0) is 15.1. The molecule has 2 fully saturated rings. The van der Waals surface area contributed by atoms with Crippen LogP contribution in [0.3, 0.4) is 0 Å². The number of nitrogens with zero attached hydrogens (tertiary/aromatic N) is 2. The van der Waals surface area contributed by atoms with Crippen LogP contribution in [0.5, 0.6) is 0 Å². The smallest absolute Gasteiger partial charge is 0.138 e. The van der Waals surface area contributed by atoms with Gasteiger partial charge in [0.05, 0.1) is 0 Å². The van der Waals surface area contributed by atoms with E-state index in [0.717, 1.165) is 36.5 Å². The molecule has 0 amide bonds. The normalized spacial score (nSPS) is 20.2. The Labute approximate surface area is 128 Å². The summed E-state index contributed by atoms with van der Waals surface area (Å²) in [5.41, 5.74) is 0.556. The lowest BCUT2D eigenvalue weighted by molar-refractivity contribution is 0.465. The Morgan fingerprint density at radius 2 is 1.76 bits per heavy atom. The van der Waals surface area contributed by atoms with Crippen molar-refractivity contribution in [1.29, 1.82) is 0 Å². The van der Waals surface area contributed by atoms with E-state index in [-0.39, 0.29) is 5.41 Å². The predicted molar refractivity (Wildman–Crippen MR) is 87.8 cm³/mol. The highest BCUT2D eigenvalue weighted by Gasteiger charge is 2.53. The average Bonchev–Trinajstić information content (AvgIpc) is 3.27. The van der Waals surface area contributed by atoms with E-state index in [9.17, 15) is 0 Å². The monoisotopic (exact) mass is 288 g/mol. The maximum absolute atomic E-state index is 4.74. The lowest BCUT2D eigenvalue weighted by atomic mass is 9.95. The second kappa shape index (κ2) is 5.15. The summed E-state index contributed by atoms with van der Waals surface area (Å²) in [6, 6.07) is 2.04. The average molecular weight is 288 g/mol. The molecule has 0 saturated heterocycles. The van der Waals surface area contributed by atoms with Gasteiger partial charge in [0.2, 0.25) is 0 Å². The van der Waals surface area contributed by atoms with E-state index in [1.807, 2.05) is 6.07 Å². The molecule has 116 valence electrons. The van der Waals surface area contributed by atoms with E-state index in [2.05, 4.69) is 43.3 Å². The Morgan fingerprint density at radius 3 is 2.24 bits per heavy atom. The number of hydrogen-bond donors (Lipinski definition) is 2. The van der Waals surface area contributed by atoms with E-state index in [4.69, 9.17) is 4.98 Å². The van der Waals surface area contributed by atoms with Gasteiger partial charge in [-0.25, -0.2) is 9.97 Å². The summed E-state index contributed by atoms with van der Waals surface area (Å²) in [6.07, 6.45) is 5.65. The van der Waals surface area contributed by atoms with Gasteiger partial charge >= 0.3 is 0 Å². The first-order valence-corrected chi connectivity index (χ1v) is 8.30. The van der Waals surface area contributed by atoms with Gasteiger partial charge in [0.25, 0.3) is 0 Å². The molecule has 2 saturated carbocycles. The first-order chi connectivity index (χ1) is 9.93. The highest BCUT2D eigenvalue weighted by molar-refractivity contribution is 5.48. The molecule has 0 bridgehead atoms. The van der Waals surface area contributed by atoms with Gasteiger partial charge in [0, 0.05) is 24.6 Å². The minimum absolute atomic E-state index is 0.0321. The molecule has 4 heteroatoms. The summed E-state index contributed by atoms with van der Waals surface area (Å²) >= 11 is 0. The molecule has 0 unspecified atom stereocenters. The molecule has 1 aromatic heterocycles. The summed E-state index contributed by atoms with van der Waals surface area (Å²) in [4.78, 5) is 9.37. The minimum atomic E-state index is -0.0321. The van der Waals surface area contributed by atoms with E-state index in [1.54, 1.807) is 0 Å². The van der Waals surface area contributed by atoms with Crippen LogP contribution < -0.4 is 10.6 Å². The first kappa shape index (κ1) is 14.6. The topological polar surface area (TPSA) is 49.8 Å². The Bertz CT molecular complexity index is 510. The fourth-order valence-corrected chi connectivity index (χ4v) is 3.00. The molecule has 3 rings (SSSR count). The Morgan fingerprint density at radius 1 is 1.14 bits per heavy atom. The molecule has 4 nitrogen and oxygen atoms in total. The molecular formula is C17H28N4. The maximum Gasteiger partial charge on any atom is 0.138 e. The van der Waals surface area contributed by atoms with Gasteiger partial charge in [-0.2, -0.15) is 0 Å². The van der Waals surface area contributed by atoms with Crippen molar-refractivity contribution >= 4 is 11.6 Å². The Kier molecular flexibility index (Phi) is 3.58. The van der Waals surface area contributed by atoms with Gasteiger partial charge in [-0.05, 0) is 43.9 Å². The lowest BCUT2D eigenvalue weighted by Gasteiger charge is -2.20. The van der Waals surface area contributed by atoms with Gasteiger partial charge in [0.15, 0.2) is 0 Å². The summed E-state index contributed by atoms with van der Waals surface area (Å²) in [6.45, 7) is 10.5. The van der Waals surface area contributed by atoms with Crippen molar-refractivity contribution in [2.24, 2.45) is 11.3 Å². The zero-order valence-corrected chi connectivity index (χ0v) is 13.8. The standard InChI is InChI=1S/C17H28N4/c1-5-18-13-10-14(21-15(20-13)16(2,3)4)19-11-17(8-9-17)12-6-7-12/h10,12H,5-9,11H2,1-4H3,(H2,18,19,20,21). The van der Waals surface area contributed by atoms with Crippen LogP contribution in [0.2, 0.25) is 0 Å². The van der Waals surface area contributed by atoms with E-state index in [0.29, 0.717) is 5.41 Å². The highest BCUT2D eigenvalue weighted by Crippen LogP contribution is 2.61. The summed E-state index contributed by atoms with van der Waals surface area (Å²) in [5, 5.41) is 6.91. The number of aromatic nitrogens is 2. The third-order valence-corrected chi connectivity index (χ3v) is 4.71. The second-order valence-electron chi connectivity index (χ2n) is 7.73. The maximum atomic E-state index is 4.74. The van der Waals surface area contributed by atoms with Gasteiger partial charge in [0.1, 0.15) is 17.5 Å². The molecule has 0 aromatic carbocycles. The summed E-state index contributed by atoms with van der Waals surface area (Å²) in [5.74, 6) is 3.77. The molecular weight excluding hydrogens is 260 g/mol. The number of nitrogens with one attached hydrogen (secondary N) is 2. The van der Waals surface area contributed by atoms with E-state index >= 15 is 0 Å². The van der Waals surface area contributed by atoms with Crippen molar-refractivity contribution in [2.45, 2.75) is 58.8 Å². The van der Waals surface area contributed by atoms with Gasteiger partial charge < -0.3 is 10.6 Å². The Hall–Kier alpha value is -1.32. The number of anilines is 2. The zero-order valence-electron chi connectivity index (χ0n) is 13.8. The van der Waals surface area contributed by atoms with Crippen molar-refractivity contribution in [1.82, 2.24) is 9.97 Å². The molecule has 0 spiro atoms. The van der Waals surface area contributed by atoms with Crippen molar-refractivity contribution in [3.8, 4) is 0 Å². The number of hydrogen-bond acceptors (Lipinski definition) is 4. The van der Waals surface area contributed by atoms with Crippen LogP contribution in [0.4, 0.5) is 11.6 Å². The molecule has 1 heterocycles. The molecule has 0 radical (unpaired) electrons. The first-order valence-electron chi connectivity index (χ1n) is 8.30. The summed E-state index contributed by atoms with van der Waals surface area (Å²) in [7, 11) is 0. The van der Waals surface area contributed by atoms with E-state index < -0.39 is 0 Å². The van der Waals surface area contributed by atoms with Gasteiger partial charge in [-0.1, -0.05) is 20.8 Å².